The zero-order valence-corrected chi connectivity index (χ0v) is 12.0. The van der Waals surface area contributed by atoms with Crippen LogP contribution in [0.4, 0.5) is 4.79 Å². The predicted octanol–water partition coefficient (Wildman–Crippen LogP) is 0.987. The molecule has 114 valence electrons. The fraction of sp³-hybridized carbons (Fsp3) is 0.267. The molecule has 2 aromatic heterocycles. The lowest BCUT2D eigenvalue weighted by atomic mass is 10.1. The Morgan fingerprint density at radius 3 is 2.77 bits per heavy atom. The van der Waals surface area contributed by atoms with E-state index in [1.165, 1.54) is 0 Å². The van der Waals surface area contributed by atoms with Crippen LogP contribution in [0.25, 0.3) is 0 Å². The van der Waals surface area contributed by atoms with Crippen molar-refractivity contribution >= 4 is 11.9 Å². The second-order valence-corrected chi connectivity index (χ2v) is 5.16. The summed E-state index contributed by atoms with van der Waals surface area (Å²) >= 11 is 0. The van der Waals surface area contributed by atoms with Gasteiger partial charge in [-0.15, -0.1) is 0 Å². The maximum atomic E-state index is 12.5. The number of nitrogens with zero attached hydrogens (tertiary/aromatic N) is 3. The van der Waals surface area contributed by atoms with Crippen LogP contribution in [0.5, 0.6) is 0 Å². The van der Waals surface area contributed by atoms with Crippen molar-refractivity contribution in [1.82, 2.24) is 19.8 Å². The van der Waals surface area contributed by atoms with Gasteiger partial charge in [-0.05, 0) is 23.8 Å². The Labute approximate surface area is 127 Å². The Bertz CT molecular complexity index is 656. The van der Waals surface area contributed by atoms with Gasteiger partial charge in [0.05, 0.1) is 6.04 Å². The number of amides is 3. The lowest BCUT2D eigenvalue weighted by Crippen LogP contribution is -2.53. The van der Waals surface area contributed by atoms with Gasteiger partial charge in [0, 0.05) is 38.2 Å². The average Bonchev–Trinajstić information content (AvgIpc) is 3.08. The van der Waals surface area contributed by atoms with Gasteiger partial charge in [-0.25, -0.2) is 4.79 Å². The summed E-state index contributed by atoms with van der Waals surface area (Å²) in [6, 6.07) is 6.40. The van der Waals surface area contributed by atoms with Crippen LogP contribution in [0.3, 0.4) is 0 Å². The third-order valence-corrected chi connectivity index (χ3v) is 3.84. The highest BCUT2D eigenvalue weighted by Gasteiger charge is 2.33. The van der Waals surface area contributed by atoms with Crippen molar-refractivity contribution in [1.29, 1.82) is 0 Å². The Kier molecular flexibility index (Phi) is 3.78. The number of urea groups is 1. The number of hydrogen-bond acceptors (Lipinski definition) is 3. The third-order valence-electron chi connectivity index (χ3n) is 3.84. The molecule has 2 aromatic rings. The van der Waals surface area contributed by atoms with E-state index in [2.05, 4.69) is 9.97 Å². The molecule has 3 N–H and O–H groups in total. The number of carbonyl (C=O) groups excluding carboxylic acids is 2. The first kappa shape index (κ1) is 14.1. The van der Waals surface area contributed by atoms with Crippen molar-refractivity contribution in [2.45, 2.75) is 6.04 Å². The summed E-state index contributed by atoms with van der Waals surface area (Å²) in [6.45, 7) is 1.25. The Morgan fingerprint density at radius 1 is 1.27 bits per heavy atom. The van der Waals surface area contributed by atoms with Crippen LogP contribution in [0.1, 0.15) is 22.1 Å². The van der Waals surface area contributed by atoms with Crippen LogP contribution in [0.15, 0.2) is 42.9 Å². The molecule has 22 heavy (non-hydrogen) atoms. The van der Waals surface area contributed by atoms with E-state index in [4.69, 9.17) is 5.73 Å². The number of rotatable bonds is 2. The summed E-state index contributed by atoms with van der Waals surface area (Å²) in [4.78, 5) is 34.5. The molecular weight excluding hydrogens is 282 g/mol. The van der Waals surface area contributed by atoms with E-state index < -0.39 is 6.03 Å². The van der Waals surface area contributed by atoms with Gasteiger partial charge >= 0.3 is 6.03 Å². The molecule has 1 saturated heterocycles. The molecule has 1 fully saturated rings. The summed E-state index contributed by atoms with van der Waals surface area (Å²) < 4.78 is 0. The largest absolute Gasteiger partial charge is 0.367 e. The minimum Gasteiger partial charge on any atom is -0.367 e. The first-order valence-corrected chi connectivity index (χ1v) is 7.06. The van der Waals surface area contributed by atoms with E-state index in [1.54, 1.807) is 40.4 Å². The standard InChI is InChI=1S/C15H17N5O2/c16-15(22)20-8-7-19(10-13(20)11-4-6-17-9-11)14(21)12-3-1-2-5-18-12/h1-6,9,13,17H,7-8,10H2,(H2,16,22). The Morgan fingerprint density at radius 2 is 2.14 bits per heavy atom. The number of primary amides is 1. The van der Waals surface area contributed by atoms with E-state index in [1.807, 2.05) is 12.3 Å². The maximum Gasteiger partial charge on any atom is 0.315 e. The minimum absolute atomic E-state index is 0.134. The topological polar surface area (TPSA) is 95.3 Å². The molecule has 7 heteroatoms. The van der Waals surface area contributed by atoms with Crippen LogP contribution < -0.4 is 5.73 Å². The summed E-state index contributed by atoms with van der Waals surface area (Å²) in [7, 11) is 0. The number of nitrogens with two attached hydrogens (primary N) is 1. The van der Waals surface area contributed by atoms with Crippen molar-refractivity contribution in [2.75, 3.05) is 19.6 Å². The van der Waals surface area contributed by atoms with Crippen molar-refractivity contribution < 1.29 is 9.59 Å². The van der Waals surface area contributed by atoms with Crippen molar-refractivity contribution in [3.8, 4) is 0 Å². The van der Waals surface area contributed by atoms with Gasteiger partial charge in [-0.3, -0.25) is 9.78 Å². The molecule has 3 amide bonds. The number of hydrogen-bond donors (Lipinski definition) is 2. The molecule has 1 aliphatic heterocycles. The molecule has 0 saturated carbocycles. The molecule has 3 heterocycles. The highest BCUT2D eigenvalue weighted by atomic mass is 16.2. The van der Waals surface area contributed by atoms with Crippen molar-refractivity contribution in [3.63, 3.8) is 0 Å². The monoisotopic (exact) mass is 299 g/mol. The van der Waals surface area contributed by atoms with Crippen molar-refractivity contribution in [2.24, 2.45) is 5.73 Å². The second kappa shape index (κ2) is 5.88. The maximum absolute atomic E-state index is 12.5. The number of aromatic nitrogens is 2. The Balaban J connectivity index is 1.82. The molecule has 0 aliphatic carbocycles. The molecule has 1 unspecified atom stereocenters. The number of pyridine rings is 1. The second-order valence-electron chi connectivity index (χ2n) is 5.16. The van der Waals surface area contributed by atoms with Gasteiger partial charge in [-0.1, -0.05) is 6.07 Å². The minimum atomic E-state index is -0.476. The van der Waals surface area contributed by atoms with E-state index in [-0.39, 0.29) is 11.9 Å². The molecular formula is C15H17N5O2. The first-order valence-electron chi connectivity index (χ1n) is 7.06. The molecule has 0 radical (unpaired) electrons. The predicted molar refractivity (Wildman–Crippen MR) is 80.0 cm³/mol. The van der Waals surface area contributed by atoms with E-state index in [9.17, 15) is 9.59 Å². The summed E-state index contributed by atoms with van der Waals surface area (Å²) in [6.07, 6.45) is 5.19. The quantitative estimate of drug-likeness (QED) is 0.865. The van der Waals surface area contributed by atoms with Crippen LogP contribution in [0.2, 0.25) is 0 Å². The van der Waals surface area contributed by atoms with E-state index >= 15 is 0 Å². The third kappa shape index (κ3) is 2.65. The van der Waals surface area contributed by atoms with Gasteiger partial charge in [0.1, 0.15) is 5.69 Å². The normalized spacial score (nSPS) is 18.3. The fourth-order valence-corrected chi connectivity index (χ4v) is 2.71. The lowest BCUT2D eigenvalue weighted by molar-refractivity contribution is 0.0560. The molecule has 3 rings (SSSR count). The van der Waals surface area contributed by atoms with Gasteiger partial charge in [0.2, 0.25) is 0 Å². The number of carbonyl (C=O) groups is 2. The van der Waals surface area contributed by atoms with E-state index in [0.29, 0.717) is 25.3 Å². The van der Waals surface area contributed by atoms with Gasteiger partial charge in [0.15, 0.2) is 0 Å². The molecule has 0 bridgehead atoms. The summed E-state index contributed by atoms with van der Waals surface area (Å²) in [5, 5.41) is 0. The number of H-pyrrole nitrogens is 1. The van der Waals surface area contributed by atoms with Gasteiger partial charge in [-0.2, -0.15) is 0 Å². The summed E-state index contributed by atoms with van der Waals surface area (Å²) in [5.41, 5.74) is 6.79. The van der Waals surface area contributed by atoms with E-state index in [0.717, 1.165) is 5.56 Å². The molecule has 0 spiro atoms. The number of nitrogens with one attached hydrogen (secondary N) is 1. The molecule has 7 nitrogen and oxygen atoms in total. The van der Waals surface area contributed by atoms with Crippen LogP contribution in [0, 0.1) is 0 Å². The molecule has 1 atom stereocenters. The van der Waals surface area contributed by atoms with Crippen LogP contribution in [-0.2, 0) is 0 Å². The van der Waals surface area contributed by atoms with Crippen LogP contribution in [-0.4, -0.2) is 51.3 Å². The molecule has 1 aliphatic rings. The number of piperazine rings is 1. The highest BCUT2D eigenvalue weighted by Crippen LogP contribution is 2.25. The zero-order valence-electron chi connectivity index (χ0n) is 12.0. The average molecular weight is 299 g/mol. The van der Waals surface area contributed by atoms with Gasteiger partial charge < -0.3 is 20.5 Å². The smallest absolute Gasteiger partial charge is 0.315 e. The van der Waals surface area contributed by atoms with Crippen molar-refractivity contribution in [3.05, 3.63) is 54.1 Å². The SMILES string of the molecule is NC(=O)N1CCN(C(=O)c2ccccn2)CC1c1cc[nH]c1. The summed E-state index contributed by atoms with van der Waals surface area (Å²) in [5.74, 6) is -0.134. The Hall–Kier alpha value is -2.83. The van der Waals surface area contributed by atoms with Crippen LogP contribution >= 0.6 is 0 Å². The van der Waals surface area contributed by atoms with Gasteiger partial charge in [0.25, 0.3) is 5.91 Å². The lowest BCUT2D eigenvalue weighted by Gasteiger charge is -2.40. The first-order chi connectivity index (χ1) is 10.7. The number of aromatic amines is 1. The zero-order chi connectivity index (χ0) is 15.5. The fourth-order valence-electron chi connectivity index (χ4n) is 2.71. The molecule has 0 aromatic carbocycles. The highest BCUT2D eigenvalue weighted by molar-refractivity contribution is 5.92.